The van der Waals surface area contributed by atoms with Crippen LogP contribution in [0.3, 0.4) is 0 Å². The van der Waals surface area contributed by atoms with Crippen molar-refractivity contribution in [3.05, 3.63) is 46.6 Å². The van der Waals surface area contributed by atoms with Crippen molar-refractivity contribution in [2.75, 3.05) is 13.2 Å². The molecule has 62 heavy (non-hydrogen) atoms. The Kier molecular flexibility index (Phi) is 12.0. The predicted molar refractivity (Wildman–Crippen MR) is 222 cm³/mol. The third-order valence-electron chi connectivity index (χ3n) is 17.9. The average molecular weight is 891 g/mol. The molecule has 4 N–H and O–H groups in total. The second kappa shape index (κ2) is 15.9. The molecule has 8 rings (SSSR count). The summed E-state index contributed by atoms with van der Waals surface area (Å²) in [6.45, 7) is 12.0. The highest BCUT2D eigenvalue weighted by Gasteiger charge is 2.77. The van der Waals surface area contributed by atoms with E-state index in [1.807, 2.05) is 27.7 Å². The van der Waals surface area contributed by atoms with Crippen molar-refractivity contribution < 1.29 is 62.3 Å². The molecule has 8 aliphatic rings. The minimum atomic E-state index is -2.33. The summed E-state index contributed by atoms with van der Waals surface area (Å²) in [6, 6.07) is 0. The van der Waals surface area contributed by atoms with E-state index in [0.29, 0.717) is 24.8 Å². The molecular formula is C48H62ClF3O10. The Labute approximate surface area is 366 Å². The minimum Gasteiger partial charge on any atom is -0.460 e. The topological polar surface area (TPSA) is 176 Å². The highest BCUT2D eigenvalue weighted by Crippen LogP contribution is 2.72. The highest BCUT2D eigenvalue weighted by atomic mass is 35.5. The van der Waals surface area contributed by atoms with Gasteiger partial charge >= 0.3 is 5.97 Å². The Morgan fingerprint density at radius 1 is 0.919 bits per heavy atom. The SMILES string of the molecule is CCCCOC(=O)C(=O)[C@H]1[C@H](C)C[C@H]2[C@@H]3C[C@H](F)C4=CC(=O)C=C[C@]4(C)[C@H]3[C@@H](O)C[C@@]21C.C[C@@H]1C[C@H]2[C@@H]3C[C@H](F)C4=CC(=O)C(Cl)=C[C@]4(C)[C@@]3(F)[C@@H](O)C[C@]2(C)[C@@]1(O)C(=O)CO. The van der Waals surface area contributed by atoms with E-state index < -0.39 is 111 Å². The molecule has 0 bridgehead atoms. The van der Waals surface area contributed by atoms with Crippen LogP contribution in [0.4, 0.5) is 13.2 Å². The fourth-order valence-electron chi connectivity index (χ4n) is 15.1. The van der Waals surface area contributed by atoms with Gasteiger partial charge in [-0.1, -0.05) is 65.6 Å². The van der Waals surface area contributed by atoms with E-state index in [2.05, 4.69) is 0 Å². The first-order chi connectivity index (χ1) is 28.8. The number of carbonyl (C=O) groups is 5. The van der Waals surface area contributed by atoms with Gasteiger partial charge in [0, 0.05) is 34.0 Å². The van der Waals surface area contributed by atoms with Crippen LogP contribution in [0.25, 0.3) is 0 Å². The quantitative estimate of drug-likeness (QED) is 0.127. The number of Topliss-reactive ketones (excluding diaryl/α,β-unsaturated/α-hetero) is 2. The van der Waals surface area contributed by atoms with E-state index in [1.165, 1.54) is 25.2 Å². The zero-order valence-electron chi connectivity index (χ0n) is 36.6. The lowest BCUT2D eigenvalue weighted by Gasteiger charge is -2.63. The van der Waals surface area contributed by atoms with Crippen LogP contribution in [-0.4, -0.2) is 98.6 Å². The summed E-state index contributed by atoms with van der Waals surface area (Å²) < 4.78 is 52.9. The Morgan fingerprint density at radius 3 is 2.23 bits per heavy atom. The number of esters is 1. The van der Waals surface area contributed by atoms with Gasteiger partial charge in [-0.15, -0.1) is 0 Å². The fourth-order valence-corrected chi connectivity index (χ4v) is 15.3. The fraction of sp³-hybridized carbons (Fsp3) is 0.729. The number of aliphatic hydroxyl groups excluding tert-OH is 3. The number of hydrogen-bond acceptors (Lipinski definition) is 10. The van der Waals surface area contributed by atoms with Crippen LogP contribution in [0, 0.1) is 69.0 Å². The molecule has 0 heterocycles. The van der Waals surface area contributed by atoms with Crippen molar-refractivity contribution in [1.29, 1.82) is 0 Å². The zero-order valence-corrected chi connectivity index (χ0v) is 37.4. The molecule has 6 saturated carbocycles. The van der Waals surface area contributed by atoms with Crippen LogP contribution in [0.2, 0.25) is 0 Å². The zero-order chi connectivity index (χ0) is 45.9. The number of halogens is 4. The van der Waals surface area contributed by atoms with Crippen LogP contribution in [-0.2, 0) is 28.7 Å². The molecule has 0 aliphatic heterocycles. The molecule has 0 aromatic carbocycles. The van der Waals surface area contributed by atoms with Crippen molar-refractivity contribution >= 4 is 40.7 Å². The number of aliphatic hydroxyl groups is 4. The van der Waals surface area contributed by atoms with Gasteiger partial charge in [0.1, 0.15) is 24.6 Å². The first-order valence-electron chi connectivity index (χ1n) is 22.3. The Hall–Kier alpha value is -2.97. The minimum absolute atomic E-state index is 0.0194. The third kappa shape index (κ3) is 6.42. The highest BCUT2D eigenvalue weighted by molar-refractivity contribution is 6.44. The van der Waals surface area contributed by atoms with Gasteiger partial charge in [0.25, 0.3) is 0 Å². The Morgan fingerprint density at radius 2 is 1.58 bits per heavy atom. The number of ketones is 4. The molecule has 342 valence electrons. The second-order valence-electron chi connectivity index (χ2n) is 20.9. The molecular weight excluding hydrogens is 829 g/mol. The number of allylic oxidation sites excluding steroid dienone is 8. The molecule has 6 fully saturated rings. The summed E-state index contributed by atoms with van der Waals surface area (Å²) in [5, 5.41) is 43.1. The summed E-state index contributed by atoms with van der Waals surface area (Å²) in [5.41, 5.74) is -8.04. The van der Waals surface area contributed by atoms with Gasteiger partial charge in [-0.05, 0) is 122 Å². The predicted octanol–water partition coefficient (Wildman–Crippen LogP) is 6.40. The van der Waals surface area contributed by atoms with Gasteiger partial charge in [0.2, 0.25) is 5.78 Å². The van der Waals surface area contributed by atoms with Gasteiger partial charge < -0.3 is 25.2 Å². The van der Waals surface area contributed by atoms with Gasteiger partial charge in [-0.3, -0.25) is 19.2 Å². The van der Waals surface area contributed by atoms with Crippen molar-refractivity contribution in [3.63, 3.8) is 0 Å². The molecule has 18 atom stereocenters. The van der Waals surface area contributed by atoms with Crippen molar-refractivity contribution in [2.45, 2.75) is 136 Å². The van der Waals surface area contributed by atoms with E-state index in [4.69, 9.17) is 16.3 Å². The van der Waals surface area contributed by atoms with Crippen molar-refractivity contribution in [2.24, 2.45) is 69.0 Å². The van der Waals surface area contributed by atoms with Crippen LogP contribution in [0.1, 0.15) is 99.8 Å². The number of rotatable bonds is 7. The van der Waals surface area contributed by atoms with E-state index in [1.54, 1.807) is 19.9 Å². The van der Waals surface area contributed by atoms with Crippen LogP contribution >= 0.6 is 11.6 Å². The van der Waals surface area contributed by atoms with E-state index in [9.17, 15) is 44.4 Å². The van der Waals surface area contributed by atoms with Crippen LogP contribution in [0.15, 0.2) is 46.6 Å². The average Bonchev–Trinajstić information content (AvgIpc) is 3.58. The van der Waals surface area contributed by atoms with E-state index >= 15 is 13.2 Å². The Bertz CT molecular complexity index is 2050. The lowest BCUT2D eigenvalue weighted by Crippen LogP contribution is -2.70. The smallest absolute Gasteiger partial charge is 0.374 e. The molecule has 0 unspecified atom stereocenters. The number of unbranched alkanes of at least 4 members (excludes halogenated alkanes) is 1. The van der Waals surface area contributed by atoms with Gasteiger partial charge in [0.15, 0.2) is 23.0 Å². The summed E-state index contributed by atoms with van der Waals surface area (Å²) in [5.74, 6) is -6.02. The monoisotopic (exact) mass is 890 g/mol. The number of hydrogen-bond donors (Lipinski definition) is 4. The summed E-state index contributed by atoms with van der Waals surface area (Å²) in [4.78, 5) is 62.2. The molecule has 0 amide bonds. The van der Waals surface area contributed by atoms with Crippen molar-refractivity contribution in [1.82, 2.24) is 0 Å². The van der Waals surface area contributed by atoms with E-state index in [0.717, 1.165) is 12.5 Å². The number of alkyl halides is 3. The normalized spacial score (nSPS) is 48.7. The maximum absolute atomic E-state index is 17.0. The first-order valence-corrected chi connectivity index (χ1v) is 22.7. The van der Waals surface area contributed by atoms with Gasteiger partial charge in [0.05, 0.1) is 23.8 Å². The molecule has 0 saturated heterocycles. The lowest BCUT2D eigenvalue weighted by atomic mass is 9.44. The molecule has 0 aromatic heterocycles. The summed E-state index contributed by atoms with van der Waals surface area (Å²) in [6.07, 6.45) is 4.27. The summed E-state index contributed by atoms with van der Waals surface area (Å²) in [7, 11) is 0. The molecule has 10 nitrogen and oxygen atoms in total. The first kappa shape index (κ1) is 47.0. The molecule has 14 heteroatoms. The van der Waals surface area contributed by atoms with Gasteiger partial charge in [-0.2, -0.15) is 0 Å². The standard InChI is InChI=1S/C26H35FO5.C22H27ClF2O5/c1-5-6-9-32-24(31)23(30)21-14(2)10-17-16-12-19(27)18-11-15(28)7-8-25(18,3)22(16)20(29)13-26(17,21)4;1-10-4-11-12-5-15(24)13-6-16(27)14(23)7-19(13,2)21(12,25)17(28)8-20(11,3)22(10,30)18(29)9-26/h7-8,11,14,16-17,19-22,29H,5-6,9-10,12-13H2,1-4H3;6-7,10-12,15,17,26,28,30H,4-5,8-9H2,1-3H3/t14-,16+,17+,19+,20+,21-,22-,25+,26+;10-,11+,12+,15+,17+,19+,20+,21+,22+/m11/s1. The van der Waals surface area contributed by atoms with Crippen LogP contribution in [0.5, 0.6) is 0 Å². The Balaban J connectivity index is 0.000000187. The largest absolute Gasteiger partial charge is 0.460 e. The molecule has 8 aliphatic carbocycles. The molecule has 0 spiro atoms. The van der Waals surface area contributed by atoms with E-state index in [-0.39, 0.29) is 72.4 Å². The summed E-state index contributed by atoms with van der Waals surface area (Å²) >= 11 is 6.02. The number of carbonyl (C=O) groups excluding carboxylic acids is 5. The second-order valence-corrected chi connectivity index (χ2v) is 21.3. The molecule has 0 aromatic rings. The molecule has 0 radical (unpaired) electrons. The van der Waals surface area contributed by atoms with Crippen LogP contribution < -0.4 is 0 Å². The number of fused-ring (bicyclic) bond motifs is 10. The maximum atomic E-state index is 17.0. The van der Waals surface area contributed by atoms with Gasteiger partial charge in [-0.25, -0.2) is 18.0 Å². The third-order valence-corrected chi connectivity index (χ3v) is 18.2. The maximum Gasteiger partial charge on any atom is 0.374 e. The number of ether oxygens (including phenoxy) is 1. The van der Waals surface area contributed by atoms with Crippen molar-refractivity contribution in [3.8, 4) is 0 Å². The lowest BCUT2D eigenvalue weighted by molar-refractivity contribution is -0.223.